The Kier molecular flexibility index (Phi) is 1.56. The van der Waals surface area contributed by atoms with E-state index < -0.39 is 0 Å². The molecule has 16 heavy (non-hydrogen) atoms. The zero-order valence-electron chi connectivity index (χ0n) is 7.97. The van der Waals surface area contributed by atoms with Crippen LogP contribution in [0.25, 0.3) is 21.9 Å². The van der Waals surface area contributed by atoms with Gasteiger partial charge in [-0.25, -0.2) is 0 Å². The van der Waals surface area contributed by atoms with Gasteiger partial charge in [0.15, 0.2) is 0 Å². The van der Waals surface area contributed by atoms with Gasteiger partial charge in [0.1, 0.15) is 22.9 Å². The van der Waals surface area contributed by atoms with E-state index in [-0.39, 0.29) is 11.3 Å². The number of nitriles is 1. The van der Waals surface area contributed by atoms with Gasteiger partial charge < -0.3 is 5.11 Å². The van der Waals surface area contributed by atoms with Gasteiger partial charge in [0.25, 0.3) is 0 Å². The maximum absolute atomic E-state index is 9.83. The van der Waals surface area contributed by atoms with Gasteiger partial charge in [0.05, 0.1) is 11.0 Å². The molecule has 0 aliphatic rings. The van der Waals surface area contributed by atoms with Gasteiger partial charge in [0.2, 0.25) is 0 Å². The number of fused-ring (bicyclic) bond motifs is 2. The summed E-state index contributed by atoms with van der Waals surface area (Å²) in [5.74, 6) is -0.0657. The lowest BCUT2D eigenvalue weighted by atomic mass is 10.1. The van der Waals surface area contributed by atoms with Gasteiger partial charge in [-0.3, -0.25) is 10.1 Å². The summed E-state index contributed by atoms with van der Waals surface area (Å²) in [4.78, 5) is 4.08. The molecule has 2 N–H and O–H groups in total. The van der Waals surface area contributed by atoms with Crippen molar-refractivity contribution in [3.05, 3.63) is 23.9 Å². The number of nitrogens with one attached hydrogen (secondary N) is 1. The Balaban J connectivity index is 2.51. The molecule has 0 radical (unpaired) electrons. The maximum Gasteiger partial charge on any atom is 0.144 e. The molecule has 0 saturated carbocycles. The van der Waals surface area contributed by atoms with E-state index >= 15 is 0 Å². The normalized spacial score (nSPS) is 10.7. The first-order valence-corrected chi connectivity index (χ1v) is 4.52. The third kappa shape index (κ3) is 1.02. The van der Waals surface area contributed by atoms with Crippen LogP contribution in [0.1, 0.15) is 5.56 Å². The molecule has 0 fully saturated rings. The van der Waals surface area contributed by atoms with E-state index in [1.807, 2.05) is 6.07 Å². The molecule has 1 aromatic carbocycles. The van der Waals surface area contributed by atoms with Crippen LogP contribution < -0.4 is 0 Å². The third-order valence-corrected chi connectivity index (χ3v) is 2.41. The Hall–Kier alpha value is -2.68. The molecular formula is C10H5N5O. The van der Waals surface area contributed by atoms with Crippen LogP contribution in [0.2, 0.25) is 0 Å². The average molecular weight is 211 g/mol. The first kappa shape index (κ1) is 8.61. The van der Waals surface area contributed by atoms with Gasteiger partial charge in [0, 0.05) is 11.6 Å². The molecular weight excluding hydrogens is 206 g/mol. The molecule has 0 aliphatic carbocycles. The lowest BCUT2D eigenvalue weighted by molar-refractivity contribution is 0.479. The number of aromatic hydroxyl groups is 1. The lowest BCUT2D eigenvalue weighted by Crippen LogP contribution is -1.84. The summed E-state index contributed by atoms with van der Waals surface area (Å²) >= 11 is 0. The Morgan fingerprint density at radius 2 is 2.19 bits per heavy atom. The van der Waals surface area contributed by atoms with E-state index in [2.05, 4.69) is 20.4 Å². The number of nitrogens with zero attached hydrogens (tertiary/aromatic N) is 4. The van der Waals surface area contributed by atoms with Crippen LogP contribution in [0.3, 0.4) is 0 Å². The minimum absolute atomic E-state index is 0.0657. The topological polar surface area (TPSA) is 98.5 Å². The molecule has 3 aromatic rings. The van der Waals surface area contributed by atoms with Gasteiger partial charge >= 0.3 is 0 Å². The van der Waals surface area contributed by atoms with Crippen molar-refractivity contribution in [2.45, 2.75) is 0 Å². The Morgan fingerprint density at radius 1 is 1.31 bits per heavy atom. The summed E-state index contributed by atoms with van der Waals surface area (Å²) in [5, 5.41) is 29.3. The SMILES string of the molecule is N#Cc1cnc2cc3nn[nH]c3cc2c1O. The van der Waals surface area contributed by atoms with E-state index in [0.29, 0.717) is 21.9 Å². The summed E-state index contributed by atoms with van der Waals surface area (Å²) in [6, 6.07) is 5.25. The molecule has 0 unspecified atom stereocenters. The minimum atomic E-state index is -0.0657. The van der Waals surface area contributed by atoms with Crippen LogP contribution in [-0.2, 0) is 0 Å². The number of rotatable bonds is 0. The summed E-state index contributed by atoms with van der Waals surface area (Å²) in [6.45, 7) is 0. The molecule has 0 atom stereocenters. The predicted octanol–water partition coefficient (Wildman–Crippen LogP) is 1.08. The van der Waals surface area contributed by atoms with Crippen molar-refractivity contribution in [3.8, 4) is 11.8 Å². The van der Waals surface area contributed by atoms with Crippen LogP contribution in [0.15, 0.2) is 18.3 Å². The number of aromatic nitrogens is 4. The number of aromatic amines is 1. The number of hydrogen-bond donors (Lipinski definition) is 2. The van der Waals surface area contributed by atoms with Crippen LogP contribution >= 0.6 is 0 Å². The highest BCUT2D eigenvalue weighted by atomic mass is 16.3. The zero-order valence-corrected chi connectivity index (χ0v) is 7.97. The number of hydrogen-bond acceptors (Lipinski definition) is 5. The molecule has 2 heterocycles. The first-order chi connectivity index (χ1) is 7.79. The van der Waals surface area contributed by atoms with Crippen molar-refractivity contribution in [1.82, 2.24) is 20.4 Å². The van der Waals surface area contributed by atoms with Crippen molar-refractivity contribution in [1.29, 1.82) is 5.26 Å². The molecule has 3 rings (SSSR count). The highest BCUT2D eigenvalue weighted by Crippen LogP contribution is 2.28. The highest BCUT2D eigenvalue weighted by Gasteiger charge is 2.09. The molecule has 6 nitrogen and oxygen atoms in total. The lowest BCUT2D eigenvalue weighted by Gasteiger charge is -2.01. The van der Waals surface area contributed by atoms with Gasteiger partial charge in [-0.05, 0) is 12.1 Å². The van der Waals surface area contributed by atoms with E-state index in [1.165, 1.54) is 6.20 Å². The smallest absolute Gasteiger partial charge is 0.144 e. The van der Waals surface area contributed by atoms with Gasteiger partial charge in [-0.1, -0.05) is 5.21 Å². The second kappa shape index (κ2) is 2.90. The van der Waals surface area contributed by atoms with E-state index in [0.717, 1.165) is 0 Å². The van der Waals surface area contributed by atoms with Crippen molar-refractivity contribution < 1.29 is 5.11 Å². The highest BCUT2D eigenvalue weighted by molar-refractivity contribution is 5.96. The van der Waals surface area contributed by atoms with Gasteiger partial charge in [-0.15, -0.1) is 5.10 Å². The number of H-pyrrole nitrogens is 1. The Labute approximate surface area is 89.2 Å². The van der Waals surface area contributed by atoms with Crippen LogP contribution in [-0.4, -0.2) is 25.5 Å². The van der Waals surface area contributed by atoms with Crippen molar-refractivity contribution in [3.63, 3.8) is 0 Å². The van der Waals surface area contributed by atoms with Crippen molar-refractivity contribution in [2.24, 2.45) is 0 Å². The average Bonchev–Trinajstić information content (AvgIpc) is 2.74. The Bertz CT molecular complexity index is 740. The fourth-order valence-corrected chi connectivity index (χ4v) is 1.60. The quantitative estimate of drug-likeness (QED) is 0.579. The standard InChI is InChI=1S/C10H5N5O/c11-3-5-4-12-7-2-9-8(13-15-14-9)1-6(7)10(5)16/h1-2,4H,(H,12,16)(H,13,14,15). The largest absolute Gasteiger partial charge is 0.506 e. The fourth-order valence-electron chi connectivity index (χ4n) is 1.60. The molecule has 0 spiro atoms. The molecule has 0 bridgehead atoms. The second-order valence-corrected chi connectivity index (χ2v) is 3.33. The van der Waals surface area contributed by atoms with Crippen LogP contribution in [0.4, 0.5) is 0 Å². The monoisotopic (exact) mass is 211 g/mol. The van der Waals surface area contributed by atoms with Crippen LogP contribution in [0.5, 0.6) is 5.75 Å². The minimum Gasteiger partial charge on any atom is -0.506 e. The molecule has 0 saturated heterocycles. The molecule has 0 amide bonds. The fraction of sp³-hybridized carbons (Fsp3) is 0. The third-order valence-electron chi connectivity index (χ3n) is 2.41. The molecule has 76 valence electrons. The van der Waals surface area contributed by atoms with E-state index in [9.17, 15) is 5.11 Å². The summed E-state index contributed by atoms with van der Waals surface area (Å²) in [6.07, 6.45) is 1.34. The maximum atomic E-state index is 9.83. The van der Waals surface area contributed by atoms with Crippen molar-refractivity contribution in [2.75, 3.05) is 0 Å². The summed E-state index contributed by atoms with van der Waals surface area (Å²) in [5.41, 5.74) is 2.10. The van der Waals surface area contributed by atoms with E-state index in [4.69, 9.17) is 5.26 Å². The molecule has 6 heteroatoms. The van der Waals surface area contributed by atoms with Gasteiger partial charge in [-0.2, -0.15) is 5.26 Å². The molecule has 2 aromatic heterocycles. The Morgan fingerprint density at radius 3 is 3.00 bits per heavy atom. The predicted molar refractivity (Wildman–Crippen MR) is 55.6 cm³/mol. The second-order valence-electron chi connectivity index (χ2n) is 3.33. The summed E-state index contributed by atoms with van der Waals surface area (Å²) in [7, 11) is 0. The van der Waals surface area contributed by atoms with Crippen LogP contribution in [0, 0.1) is 11.3 Å². The van der Waals surface area contributed by atoms with E-state index in [1.54, 1.807) is 12.1 Å². The zero-order chi connectivity index (χ0) is 11.1. The number of pyridine rings is 1. The van der Waals surface area contributed by atoms with Crippen molar-refractivity contribution >= 4 is 21.9 Å². The first-order valence-electron chi connectivity index (χ1n) is 4.52. The number of benzene rings is 1. The molecule has 0 aliphatic heterocycles. The summed E-state index contributed by atoms with van der Waals surface area (Å²) < 4.78 is 0.